The molecular formula is C16H19N5O. The van der Waals surface area contributed by atoms with Crippen molar-refractivity contribution in [2.45, 2.75) is 18.8 Å². The first-order valence-corrected chi connectivity index (χ1v) is 7.48. The normalized spacial score (nSPS) is 18.0. The van der Waals surface area contributed by atoms with Gasteiger partial charge in [-0.2, -0.15) is 0 Å². The molecule has 1 aliphatic heterocycles. The van der Waals surface area contributed by atoms with Gasteiger partial charge in [0.15, 0.2) is 0 Å². The Morgan fingerprint density at radius 3 is 3.05 bits per heavy atom. The van der Waals surface area contributed by atoms with Crippen LogP contribution in [0.25, 0.3) is 0 Å². The van der Waals surface area contributed by atoms with Gasteiger partial charge < -0.3 is 10.2 Å². The van der Waals surface area contributed by atoms with Gasteiger partial charge in [0, 0.05) is 44.1 Å². The highest BCUT2D eigenvalue weighted by Crippen LogP contribution is 2.27. The molecule has 0 spiro atoms. The fourth-order valence-corrected chi connectivity index (χ4v) is 2.81. The number of pyridine rings is 1. The minimum absolute atomic E-state index is 0.150. The van der Waals surface area contributed by atoms with Gasteiger partial charge in [0.2, 0.25) is 0 Å². The summed E-state index contributed by atoms with van der Waals surface area (Å²) in [6.07, 6.45) is 7.33. The molecule has 0 aromatic carbocycles. The van der Waals surface area contributed by atoms with E-state index in [1.54, 1.807) is 31.7 Å². The third-order valence-corrected chi connectivity index (χ3v) is 3.94. The molecular weight excluding hydrogens is 278 g/mol. The molecule has 6 heteroatoms. The molecule has 1 amide bonds. The molecule has 3 rings (SSSR count). The maximum Gasteiger partial charge on any atom is 0.269 e. The van der Waals surface area contributed by atoms with Crippen LogP contribution >= 0.6 is 0 Å². The molecule has 114 valence electrons. The molecule has 0 aliphatic carbocycles. The van der Waals surface area contributed by atoms with E-state index in [0.717, 1.165) is 37.4 Å². The van der Waals surface area contributed by atoms with Crippen molar-refractivity contribution in [3.8, 4) is 0 Å². The Morgan fingerprint density at radius 1 is 1.36 bits per heavy atom. The van der Waals surface area contributed by atoms with Gasteiger partial charge >= 0.3 is 0 Å². The number of carbonyl (C=O) groups is 1. The van der Waals surface area contributed by atoms with Crippen molar-refractivity contribution in [3.63, 3.8) is 0 Å². The lowest BCUT2D eigenvalue weighted by molar-refractivity contribution is 0.0958. The minimum Gasteiger partial charge on any atom is -0.355 e. The van der Waals surface area contributed by atoms with Crippen LogP contribution in [0.4, 0.5) is 5.82 Å². The van der Waals surface area contributed by atoms with E-state index >= 15 is 0 Å². The van der Waals surface area contributed by atoms with Crippen LogP contribution in [0.15, 0.2) is 36.8 Å². The third-order valence-electron chi connectivity index (χ3n) is 3.94. The van der Waals surface area contributed by atoms with Crippen LogP contribution in [0, 0.1) is 0 Å². The fourth-order valence-electron chi connectivity index (χ4n) is 2.81. The first-order chi connectivity index (χ1) is 10.8. The van der Waals surface area contributed by atoms with Crippen molar-refractivity contribution in [1.29, 1.82) is 0 Å². The van der Waals surface area contributed by atoms with Crippen molar-refractivity contribution in [2.75, 3.05) is 25.0 Å². The lowest BCUT2D eigenvalue weighted by atomic mass is 9.94. The number of hydrogen-bond donors (Lipinski definition) is 1. The topological polar surface area (TPSA) is 71.0 Å². The summed E-state index contributed by atoms with van der Waals surface area (Å²) in [6, 6.07) is 5.64. The second-order valence-corrected chi connectivity index (χ2v) is 5.38. The van der Waals surface area contributed by atoms with Gasteiger partial charge in [-0.3, -0.25) is 9.78 Å². The summed E-state index contributed by atoms with van der Waals surface area (Å²) < 4.78 is 0. The number of nitrogens with zero attached hydrogens (tertiary/aromatic N) is 4. The number of anilines is 1. The van der Waals surface area contributed by atoms with E-state index in [1.807, 2.05) is 12.1 Å². The van der Waals surface area contributed by atoms with Crippen molar-refractivity contribution in [2.24, 2.45) is 0 Å². The Balaban J connectivity index is 1.79. The van der Waals surface area contributed by atoms with Crippen LogP contribution in [-0.2, 0) is 0 Å². The number of carbonyl (C=O) groups excluding carboxylic acids is 1. The molecule has 0 unspecified atom stereocenters. The lowest BCUT2D eigenvalue weighted by Gasteiger charge is -2.33. The van der Waals surface area contributed by atoms with E-state index in [9.17, 15) is 4.79 Å². The number of hydrogen-bond acceptors (Lipinski definition) is 5. The molecule has 1 saturated heterocycles. The molecule has 1 aliphatic rings. The van der Waals surface area contributed by atoms with Crippen molar-refractivity contribution >= 4 is 11.7 Å². The number of nitrogens with one attached hydrogen (secondary N) is 1. The van der Waals surface area contributed by atoms with E-state index in [-0.39, 0.29) is 5.91 Å². The standard InChI is InChI=1S/C16H19N5O/c1-17-16(22)14-6-2-5-13(20-14)12-4-3-9-21(11-12)15-10-18-7-8-19-15/h2,5-8,10,12H,3-4,9,11H2,1H3,(H,17,22)/t12-/m0/s1. The SMILES string of the molecule is CNC(=O)c1cccc([C@H]2CCCN(c3cnccn3)C2)n1. The molecule has 0 radical (unpaired) electrons. The van der Waals surface area contributed by atoms with Gasteiger partial charge in [-0.05, 0) is 25.0 Å². The van der Waals surface area contributed by atoms with Gasteiger partial charge in [-0.15, -0.1) is 0 Å². The molecule has 6 nitrogen and oxygen atoms in total. The predicted octanol–water partition coefficient (Wildman–Crippen LogP) is 1.62. The maximum absolute atomic E-state index is 11.7. The van der Waals surface area contributed by atoms with Crippen molar-refractivity contribution in [3.05, 3.63) is 48.2 Å². The maximum atomic E-state index is 11.7. The molecule has 3 heterocycles. The summed E-state index contributed by atoms with van der Waals surface area (Å²) in [5, 5.41) is 2.62. The second-order valence-electron chi connectivity index (χ2n) is 5.38. The van der Waals surface area contributed by atoms with Crippen LogP contribution in [0.5, 0.6) is 0 Å². The van der Waals surface area contributed by atoms with E-state index in [4.69, 9.17) is 0 Å². The van der Waals surface area contributed by atoms with Crippen molar-refractivity contribution < 1.29 is 4.79 Å². The Bertz CT molecular complexity index is 646. The summed E-state index contributed by atoms with van der Waals surface area (Å²) in [7, 11) is 1.62. The van der Waals surface area contributed by atoms with E-state index in [2.05, 4.69) is 25.2 Å². The molecule has 0 bridgehead atoms. The largest absolute Gasteiger partial charge is 0.355 e. The molecule has 1 N–H and O–H groups in total. The first-order valence-electron chi connectivity index (χ1n) is 7.48. The van der Waals surface area contributed by atoms with Gasteiger partial charge in [0.25, 0.3) is 5.91 Å². The zero-order chi connectivity index (χ0) is 15.4. The molecule has 2 aromatic heterocycles. The van der Waals surface area contributed by atoms with Crippen LogP contribution in [0.3, 0.4) is 0 Å². The monoisotopic (exact) mass is 297 g/mol. The van der Waals surface area contributed by atoms with Crippen LogP contribution in [-0.4, -0.2) is 41.0 Å². The Labute approximate surface area is 129 Å². The van der Waals surface area contributed by atoms with E-state index in [0.29, 0.717) is 11.6 Å². The summed E-state index contributed by atoms with van der Waals surface area (Å²) >= 11 is 0. The Morgan fingerprint density at radius 2 is 2.27 bits per heavy atom. The number of rotatable bonds is 3. The van der Waals surface area contributed by atoms with Crippen LogP contribution < -0.4 is 10.2 Å². The average Bonchev–Trinajstić information content (AvgIpc) is 2.62. The zero-order valence-corrected chi connectivity index (χ0v) is 12.6. The fraction of sp³-hybridized carbons (Fsp3) is 0.375. The van der Waals surface area contributed by atoms with Crippen LogP contribution in [0.1, 0.15) is 34.9 Å². The van der Waals surface area contributed by atoms with Crippen LogP contribution in [0.2, 0.25) is 0 Å². The quantitative estimate of drug-likeness (QED) is 0.932. The van der Waals surface area contributed by atoms with E-state index < -0.39 is 0 Å². The van der Waals surface area contributed by atoms with Gasteiger partial charge in [-0.1, -0.05) is 6.07 Å². The van der Waals surface area contributed by atoms with Gasteiger partial charge in [0.1, 0.15) is 11.5 Å². The lowest BCUT2D eigenvalue weighted by Crippen LogP contribution is -2.35. The van der Waals surface area contributed by atoms with E-state index in [1.165, 1.54) is 0 Å². The third kappa shape index (κ3) is 3.05. The highest BCUT2D eigenvalue weighted by molar-refractivity contribution is 5.92. The predicted molar refractivity (Wildman–Crippen MR) is 83.8 cm³/mol. The van der Waals surface area contributed by atoms with Crippen molar-refractivity contribution in [1.82, 2.24) is 20.3 Å². The van der Waals surface area contributed by atoms with Gasteiger partial charge in [0.05, 0.1) is 6.20 Å². The summed E-state index contributed by atoms with van der Waals surface area (Å²) in [4.78, 5) is 27.0. The number of amides is 1. The molecule has 0 saturated carbocycles. The Hall–Kier alpha value is -2.50. The minimum atomic E-state index is -0.150. The molecule has 1 fully saturated rings. The molecule has 22 heavy (non-hydrogen) atoms. The second kappa shape index (κ2) is 6.51. The Kier molecular flexibility index (Phi) is 4.27. The summed E-state index contributed by atoms with van der Waals surface area (Å²) in [6.45, 7) is 1.83. The highest BCUT2D eigenvalue weighted by atomic mass is 16.1. The number of piperidine rings is 1. The highest BCUT2D eigenvalue weighted by Gasteiger charge is 2.23. The average molecular weight is 297 g/mol. The molecule has 2 aromatic rings. The molecule has 1 atom stereocenters. The summed E-state index contributed by atoms with van der Waals surface area (Å²) in [5.41, 5.74) is 1.44. The summed E-state index contributed by atoms with van der Waals surface area (Å²) in [5.74, 6) is 1.05. The smallest absolute Gasteiger partial charge is 0.269 e. The zero-order valence-electron chi connectivity index (χ0n) is 12.6. The van der Waals surface area contributed by atoms with Gasteiger partial charge in [-0.25, -0.2) is 9.97 Å². The number of aromatic nitrogens is 3. The first kappa shape index (κ1) is 14.4.